The number of guanidine groups is 1. The van der Waals surface area contributed by atoms with E-state index in [1.165, 1.54) is 4.90 Å². The quantitative estimate of drug-likeness (QED) is 0.0494. The van der Waals surface area contributed by atoms with Gasteiger partial charge in [0.15, 0.2) is 5.96 Å². The number of para-hydroxylation sites is 1. The number of fused-ring (bicyclic) bond motifs is 1. The molecule has 0 bridgehead atoms. The van der Waals surface area contributed by atoms with Crippen LogP contribution in [0, 0.1) is 11.3 Å². The van der Waals surface area contributed by atoms with Crippen molar-refractivity contribution in [2.45, 2.75) is 122 Å². The summed E-state index contributed by atoms with van der Waals surface area (Å²) >= 11 is 0. The Morgan fingerprint density at radius 3 is 2.23 bits per heavy atom. The van der Waals surface area contributed by atoms with Crippen LogP contribution >= 0.6 is 0 Å². The first kappa shape index (κ1) is 45.2. The van der Waals surface area contributed by atoms with E-state index in [9.17, 15) is 33.9 Å². The lowest BCUT2D eigenvalue weighted by Crippen LogP contribution is -2.62. The fraction of sp³-hybridized carbons (Fsp3) is 0.605. The van der Waals surface area contributed by atoms with E-state index in [0.29, 0.717) is 12.8 Å². The van der Waals surface area contributed by atoms with Crippen LogP contribution in [0.3, 0.4) is 0 Å². The number of nitrogens with zero attached hydrogens (tertiary/aromatic N) is 2. The molecule has 1 aliphatic heterocycles. The molecule has 0 aliphatic carbocycles. The van der Waals surface area contributed by atoms with Gasteiger partial charge in [0.1, 0.15) is 30.2 Å². The molecule has 7 atom stereocenters. The number of rotatable bonds is 19. The van der Waals surface area contributed by atoms with Crippen molar-refractivity contribution in [3.63, 3.8) is 0 Å². The number of carbonyl (C=O) groups excluding carboxylic acids is 5. The molecule has 18 nitrogen and oxygen atoms in total. The van der Waals surface area contributed by atoms with Gasteiger partial charge in [0, 0.05) is 42.7 Å². The third-order valence-electron chi connectivity index (χ3n) is 9.70. The fourth-order valence-electron chi connectivity index (χ4n) is 6.67. The molecule has 0 spiro atoms. The van der Waals surface area contributed by atoms with Crippen molar-refractivity contribution in [1.29, 1.82) is 0 Å². The predicted molar refractivity (Wildman–Crippen MR) is 213 cm³/mol. The molecule has 0 saturated carbocycles. The number of amides is 5. The number of nitrogens with one attached hydrogen (secondary N) is 5. The second-order valence-electron chi connectivity index (χ2n) is 16.1. The van der Waals surface area contributed by atoms with Crippen molar-refractivity contribution in [3.8, 4) is 0 Å². The number of benzene rings is 1. The molecule has 3 unspecified atom stereocenters. The van der Waals surface area contributed by atoms with Gasteiger partial charge < -0.3 is 59.2 Å². The number of H-pyrrole nitrogens is 1. The van der Waals surface area contributed by atoms with Crippen molar-refractivity contribution < 1.29 is 33.9 Å². The van der Waals surface area contributed by atoms with E-state index in [4.69, 9.17) is 22.9 Å². The Bertz CT molecular complexity index is 1730. The highest BCUT2D eigenvalue weighted by Gasteiger charge is 2.41. The predicted octanol–water partition coefficient (Wildman–Crippen LogP) is -0.455. The number of likely N-dealkylation sites (tertiary alicyclic amines) is 1. The molecule has 1 aromatic carbocycles. The van der Waals surface area contributed by atoms with Crippen LogP contribution in [0.25, 0.3) is 10.9 Å². The maximum Gasteiger partial charge on any atom is 0.326 e. The molecule has 1 aliphatic rings. The van der Waals surface area contributed by atoms with Gasteiger partial charge in [-0.25, -0.2) is 4.79 Å². The van der Waals surface area contributed by atoms with Crippen LogP contribution in [0.1, 0.15) is 79.2 Å². The highest BCUT2D eigenvalue weighted by Crippen LogP contribution is 2.24. The summed E-state index contributed by atoms with van der Waals surface area (Å²) in [5.41, 5.74) is 23.6. The van der Waals surface area contributed by atoms with Gasteiger partial charge >= 0.3 is 5.97 Å². The van der Waals surface area contributed by atoms with Gasteiger partial charge in [-0.15, -0.1) is 0 Å². The minimum absolute atomic E-state index is 0.0193. The van der Waals surface area contributed by atoms with Gasteiger partial charge in [-0.3, -0.25) is 29.0 Å². The lowest BCUT2D eigenvalue weighted by molar-refractivity contribution is -0.143. The number of aromatic nitrogens is 1. The number of carboxylic acids is 1. The number of aliphatic carboxylic acids is 1. The lowest BCUT2D eigenvalue weighted by atomic mass is 9.85. The number of hydrogen-bond donors (Lipinski definition) is 10. The van der Waals surface area contributed by atoms with E-state index >= 15 is 0 Å². The van der Waals surface area contributed by atoms with Crippen LogP contribution in [-0.4, -0.2) is 112 Å². The first-order valence-electron chi connectivity index (χ1n) is 19.1. The number of hydrogen-bond acceptors (Lipinski definition) is 9. The van der Waals surface area contributed by atoms with Gasteiger partial charge in [0.05, 0.1) is 6.04 Å². The van der Waals surface area contributed by atoms with Crippen LogP contribution in [0.4, 0.5) is 0 Å². The van der Waals surface area contributed by atoms with Gasteiger partial charge in [0.25, 0.3) is 0 Å². The van der Waals surface area contributed by atoms with Crippen LogP contribution in [0.15, 0.2) is 35.5 Å². The van der Waals surface area contributed by atoms with Crippen molar-refractivity contribution in [1.82, 2.24) is 31.2 Å². The van der Waals surface area contributed by atoms with Gasteiger partial charge in [0.2, 0.25) is 29.5 Å². The van der Waals surface area contributed by atoms with Crippen molar-refractivity contribution in [3.05, 3.63) is 36.0 Å². The fourth-order valence-corrected chi connectivity index (χ4v) is 6.67. The van der Waals surface area contributed by atoms with E-state index in [-0.39, 0.29) is 50.7 Å². The molecule has 0 radical (unpaired) electrons. The molecule has 14 N–H and O–H groups in total. The summed E-state index contributed by atoms with van der Waals surface area (Å²) in [7, 11) is 0. The SMILES string of the molecule is CC(C)C[C@H](NC(=O)C(NC(=O)[C@H](Cc1c[nH]c2ccccc12)NC(=O)[C@@H]1CCCN1C(=O)C(NC(=O)[C@@H](N)CCCN=C(N)N)C(C)N)C(C)(C)C)C(=O)O. The average Bonchev–Trinajstić information content (AvgIpc) is 3.77. The van der Waals surface area contributed by atoms with Gasteiger partial charge in [-0.2, -0.15) is 0 Å². The zero-order chi connectivity index (χ0) is 41.9. The van der Waals surface area contributed by atoms with E-state index < -0.39 is 83.2 Å². The molecule has 3 rings (SSSR count). The summed E-state index contributed by atoms with van der Waals surface area (Å²) in [6, 6.07) is -0.118. The van der Waals surface area contributed by atoms with Crippen LogP contribution in [0.2, 0.25) is 0 Å². The Morgan fingerprint density at radius 1 is 0.946 bits per heavy atom. The Hall–Kier alpha value is -5.23. The largest absolute Gasteiger partial charge is 0.480 e. The number of nitrogens with two attached hydrogens (primary N) is 4. The monoisotopic (exact) mass is 783 g/mol. The van der Waals surface area contributed by atoms with Crippen LogP contribution in [-0.2, 0) is 35.2 Å². The zero-order valence-electron chi connectivity index (χ0n) is 33.3. The highest BCUT2D eigenvalue weighted by atomic mass is 16.4. The lowest BCUT2D eigenvalue weighted by Gasteiger charge is -2.34. The van der Waals surface area contributed by atoms with E-state index in [1.807, 2.05) is 38.1 Å². The van der Waals surface area contributed by atoms with Crippen LogP contribution in [0.5, 0.6) is 0 Å². The summed E-state index contributed by atoms with van der Waals surface area (Å²) in [4.78, 5) is 89.3. The maximum absolute atomic E-state index is 14.2. The summed E-state index contributed by atoms with van der Waals surface area (Å²) in [6.07, 6.45) is 3.36. The molecular formula is C38H61N11O7. The number of aromatic amines is 1. The molecule has 56 heavy (non-hydrogen) atoms. The Morgan fingerprint density at radius 2 is 1.62 bits per heavy atom. The summed E-state index contributed by atoms with van der Waals surface area (Å²) in [5.74, 6) is -4.44. The smallest absolute Gasteiger partial charge is 0.326 e. The first-order chi connectivity index (χ1) is 26.2. The third-order valence-corrected chi connectivity index (χ3v) is 9.70. The molecule has 2 heterocycles. The topological polar surface area (TPSA) is 306 Å². The molecule has 2 aromatic rings. The molecule has 18 heteroatoms. The normalized spacial score (nSPS) is 17.6. The van der Waals surface area contributed by atoms with Crippen LogP contribution < -0.4 is 44.2 Å². The maximum atomic E-state index is 14.2. The standard InChI is InChI=1S/C38H61N11O7/c1-20(2)17-27(36(55)56)46-34(53)30(38(4,5)6)48-32(51)26(18-22-19-44-25-13-8-7-11-23(22)25)45-33(52)28-14-10-16-49(28)35(54)29(21(3)39)47-31(50)24(40)12-9-15-43-37(41)42/h7-8,11,13,19-21,24,26-30,44H,9-10,12,14-18,39-40H2,1-6H3,(H,45,52)(H,46,53)(H,47,50)(H,48,51)(H,55,56)(H4,41,42,43)/t21?,24-,26-,27-,28-,29?,30?/m0/s1. The Labute approximate surface area is 327 Å². The molecule has 1 fully saturated rings. The third kappa shape index (κ3) is 12.7. The van der Waals surface area contributed by atoms with E-state index in [2.05, 4.69) is 31.2 Å². The molecule has 310 valence electrons. The van der Waals surface area contributed by atoms with E-state index in [1.54, 1.807) is 33.9 Å². The Kier molecular flexibility index (Phi) is 16.2. The molecule has 5 amide bonds. The molecule has 1 saturated heterocycles. The first-order valence-corrected chi connectivity index (χ1v) is 19.1. The van der Waals surface area contributed by atoms with Gasteiger partial charge in [-0.1, -0.05) is 52.8 Å². The highest BCUT2D eigenvalue weighted by molar-refractivity contribution is 5.97. The van der Waals surface area contributed by atoms with Crippen molar-refractivity contribution in [2.75, 3.05) is 13.1 Å². The van der Waals surface area contributed by atoms with Crippen molar-refractivity contribution >= 4 is 52.4 Å². The Balaban J connectivity index is 1.86. The second-order valence-corrected chi connectivity index (χ2v) is 16.1. The summed E-state index contributed by atoms with van der Waals surface area (Å²) in [6.45, 7) is 10.9. The summed E-state index contributed by atoms with van der Waals surface area (Å²) < 4.78 is 0. The van der Waals surface area contributed by atoms with E-state index in [0.717, 1.165) is 16.5 Å². The average molecular weight is 784 g/mol. The summed E-state index contributed by atoms with van der Waals surface area (Å²) in [5, 5.41) is 21.5. The number of carboxylic acid groups (broad SMARTS) is 1. The van der Waals surface area contributed by atoms with Gasteiger partial charge in [-0.05, 0) is 62.0 Å². The zero-order valence-corrected chi connectivity index (χ0v) is 33.3. The number of aliphatic imine (C=N–C) groups is 1. The minimum Gasteiger partial charge on any atom is -0.480 e. The minimum atomic E-state index is -1.22. The molecular weight excluding hydrogens is 722 g/mol. The number of carbonyl (C=O) groups is 6. The second kappa shape index (κ2) is 20.1. The van der Waals surface area contributed by atoms with Crippen molar-refractivity contribution in [2.24, 2.45) is 39.3 Å². The molecule has 1 aromatic heterocycles.